The summed E-state index contributed by atoms with van der Waals surface area (Å²) in [6.07, 6.45) is -4.75. The van der Waals surface area contributed by atoms with E-state index in [1.165, 1.54) is 24.3 Å². The quantitative estimate of drug-likeness (QED) is 0.123. The first-order chi connectivity index (χ1) is 33.4. The maximum atomic E-state index is 12.3. The molecule has 0 unspecified atom stereocenters. The molecule has 71 heavy (non-hydrogen) atoms. The SMILES string of the molecule is Cc1c(C(N)=O)[nH]c2c(-c3ccc(Cl)cc3Cl)cc(Cl)cc12.Cc1c(C(N)=O)n(C)c2c(-c3ccc(C#N)cc3)cc(Cl)cc12.Cc1c(C(N)=O)n(C)c2c(-c3ccc(OC(F)(F)F)cc3)cc(Cl)cc12. The molecule has 0 aliphatic heterocycles. The summed E-state index contributed by atoms with van der Waals surface area (Å²) in [4.78, 5) is 38.2. The molecule has 3 heterocycles. The predicted molar refractivity (Wildman–Crippen MR) is 277 cm³/mol. The lowest BCUT2D eigenvalue weighted by atomic mass is 10.0. The van der Waals surface area contributed by atoms with Crippen molar-refractivity contribution in [2.75, 3.05) is 0 Å². The average Bonchev–Trinajstić information content (AvgIpc) is 3.86. The van der Waals surface area contributed by atoms with Gasteiger partial charge in [-0.15, -0.1) is 13.2 Å². The highest BCUT2D eigenvalue weighted by Crippen LogP contribution is 2.40. The number of nitrogens with one attached hydrogen (secondary N) is 1. The van der Waals surface area contributed by atoms with Crippen LogP contribution in [0.15, 0.2) is 103 Å². The maximum absolute atomic E-state index is 12.3. The number of ether oxygens (including phenoxy) is 1. The minimum atomic E-state index is -4.75. The summed E-state index contributed by atoms with van der Waals surface area (Å²) in [5.41, 5.74) is 27.5. The standard InChI is InChI=1S/C18H14ClF3N2O2.C18H14ClN3O.C16H11Cl3N2O/c1-9-13-7-11(19)8-14(16(13)24(2)15(9)17(23)25)10-3-5-12(6-4-10)26-18(20,21)22;1-10-14-7-13(19)8-15(12-5-3-11(9-20)4-6-12)17(14)22(2)16(10)18(21)23;1-7-11-4-9(18)5-12(15(11)21-14(7)16(20)22)10-3-2-8(17)6-13(10)19/h3-8H,1-2H3,(H2,23,25);3-8H,1-2H3,(H2,21,23);2-6,21H,1H3,(H2,20,22). The van der Waals surface area contributed by atoms with Gasteiger partial charge in [0.15, 0.2) is 0 Å². The number of aromatic amines is 1. The third-order valence-electron chi connectivity index (χ3n) is 11.8. The molecule has 6 aromatic carbocycles. The van der Waals surface area contributed by atoms with Crippen LogP contribution < -0.4 is 21.9 Å². The van der Waals surface area contributed by atoms with Gasteiger partial charge in [0, 0.05) is 77.6 Å². The van der Waals surface area contributed by atoms with Crippen LogP contribution in [0, 0.1) is 32.1 Å². The number of carbonyl (C=O) groups is 3. The third-order valence-corrected chi connectivity index (χ3v) is 13.0. The van der Waals surface area contributed by atoms with Crippen molar-refractivity contribution in [2.24, 2.45) is 31.3 Å². The van der Waals surface area contributed by atoms with Gasteiger partial charge in [-0.1, -0.05) is 88.3 Å². The number of nitriles is 1. The summed E-state index contributed by atoms with van der Waals surface area (Å²) in [6.45, 7) is 5.45. The number of fused-ring (bicyclic) bond motifs is 3. The van der Waals surface area contributed by atoms with Gasteiger partial charge in [-0.05, 0) is 121 Å². The number of hydrogen-bond donors (Lipinski definition) is 4. The molecule has 3 aromatic heterocycles. The maximum Gasteiger partial charge on any atom is 0.573 e. The van der Waals surface area contributed by atoms with Gasteiger partial charge in [0.1, 0.15) is 22.8 Å². The Labute approximate surface area is 428 Å². The number of hydrogen-bond acceptors (Lipinski definition) is 5. The first-order valence-corrected chi connectivity index (χ1v) is 22.9. The molecule has 362 valence electrons. The fourth-order valence-electron chi connectivity index (χ4n) is 8.73. The van der Waals surface area contributed by atoms with Gasteiger partial charge in [0.25, 0.3) is 17.7 Å². The number of alkyl halides is 3. The molecule has 11 nitrogen and oxygen atoms in total. The topological polar surface area (TPSA) is 188 Å². The minimum absolute atomic E-state index is 0.319. The number of amides is 3. The fraction of sp³-hybridized carbons (Fsp3) is 0.115. The van der Waals surface area contributed by atoms with E-state index in [1.807, 2.05) is 51.2 Å². The van der Waals surface area contributed by atoms with E-state index >= 15 is 0 Å². The second kappa shape index (κ2) is 20.3. The number of primary amides is 3. The summed E-state index contributed by atoms with van der Waals surface area (Å²) in [6, 6.07) is 30.7. The highest BCUT2D eigenvalue weighted by molar-refractivity contribution is 6.37. The number of rotatable bonds is 7. The summed E-state index contributed by atoms with van der Waals surface area (Å²) < 4.78 is 44.3. The Kier molecular flexibility index (Phi) is 14.8. The number of aromatic nitrogens is 3. The number of carbonyl (C=O) groups excluding carboxylic acids is 3. The molecule has 9 aromatic rings. The Hall–Kier alpha value is -7.12. The van der Waals surface area contributed by atoms with Gasteiger partial charge in [0.2, 0.25) is 0 Å². The number of benzene rings is 6. The zero-order valence-corrected chi connectivity index (χ0v) is 41.8. The van der Waals surface area contributed by atoms with Crippen molar-refractivity contribution in [3.05, 3.63) is 168 Å². The van der Waals surface area contributed by atoms with Crippen LogP contribution in [0.25, 0.3) is 66.1 Å². The number of aryl methyl sites for hydroxylation is 5. The second-order valence-electron chi connectivity index (χ2n) is 16.2. The molecular weight excluding hydrogens is 1020 g/mol. The van der Waals surface area contributed by atoms with Gasteiger partial charge in [-0.25, -0.2) is 0 Å². The van der Waals surface area contributed by atoms with E-state index in [0.29, 0.717) is 70.0 Å². The molecule has 0 saturated heterocycles. The second-order valence-corrected chi connectivity index (χ2v) is 18.4. The van der Waals surface area contributed by atoms with Crippen molar-refractivity contribution >= 4 is 108 Å². The lowest BCUT2D eigenvalue weighted by Crippen LogP contribution is -2.17. The molecule has 0 saturated carbocycles. The molecule has 7 N–H and O–H groups in total. The van der Waals surface area contributed by atoms with Crippen LogP contribution in [-0.2, 0) is 14.1 Å². The molecule has 3 amide bonds. The minimum Gasteiger partial charge on any atom is -0.406 e. The van der Waals surface area contributed by atoms with E-state index in [1.54, 1.807) is 71.6 Å². The van der Waals surface area contributed by atoms with E-state index in [4.69, 9.17) is 80.5 Å². The van der Waals surface area contributed by atoms with Crippen LogP contribution in [-0.4, -0.2) is 38.2 Å². The van der Waals surface area contributed by atoms with Crippen LogP contribution in [0.5, 0.6) is 5.75 Å². The summed E-state index contributed by atoms with van der Waals surface area (Å²) >= 11 is 30.9. The van der Waals surface area contributed by atoms with Crippen molar-refractivity contribution in [2.45, 2.75) is 27.1 Å². The van der Waals surface area contributed by atoms with E-state index in [9.17, 15) is 27.6 Å². The number of nitrogens with zero attached hydrogens (tertiary/aromatic N) is 3. The molecule has 9 rings (SSSR count). The fourth-order valence-corrected chi connectivity index (χ4v) is 9.90. The van der Waals surface area contributed by atoms with Gasteiger partial charge >= 0.3 is 6.36 Å². The summed E-state index contributed by atoms with van der Waals surface area (Å²) in [5, 5.41) is 14.0. The molecular formula is C52H39Cl5F3N7O4. The lowest BCUT2D eigenvalue weighted by molar-refractivity contribution is -0.274. The average molecular weight is 1060 g/mol. The molecule has 0 aliphatic rings. The largest absolute Gasteiger partial charge is 0.573 e. The van der Waals surface area contributed by atoms with Crippen molar-refractivity contribution in [3.8, 4) is 45.2 Å². The Balaban J connectivity index is 0.000000157. The molecule has 0 spiro atoms. The van der Waals surface area contributed by atoms with Crippen LogP contribution >= 0.6 is 58.0 Å². The molecule has 19 heteroatoms. The molecule has 0 atom stereocenters. The predicted octanol–water partition coefficient (Wildman–Crippen LogP) is 13.8. The summed E-state index contributed by atoms with van der Waals surface area (Å²) in [7, 11) is 3.52. The van der Waals surface area contributed by atoms with Crippen molar-refractivity contribution in [1.29, 1.82) is 5.26 Å². The third kappa shape index (κ3) is 10.5. The van der Waals surface area contributed by atoms with Crippen LogP contribution in [0.1, 0.15) is 53.7 Å². The molecule has 0 bridgehead atoms. The smallest absolute Gasteiger partial charge is 0.406 e. The Morgan fingerprint density at radius 2 is 1.03 bits per heavy atom. The van der Waals surface area contributed by atoms with Gasteiger partial charge in [-0.2, -0.15) is 5.26 Å². The summed E-state index contributed by atoms with van der Waals surface area (Å²) in [5.74, 6) is -1.88. The molecule has 0 fully saturated rings. The number of halogens is 8. The van der Waals surface area contributed by atoms with Crippen LogP contribution in [0.4, 0.5) is 13.2 Å². The van der Waals surface area contributed by atoms with E-state index in [-0.39, 0.29) is 5.75 Å². The first kappa shape index (κ1) is 51.7. The Morgan fingerprint density at radius 3 is 1.45 bits per heavy atom. The van der Waals surface area contributed by atoms with Gasteiger partial charge in [0.05, 0.1) is 28.2 Å². The lowest BCUT2D eigenvalue weighted by Gasteiger charge is -2.11. The van der Waals surface area contributed by atoms with Gasteiger partial charge < -0.3 is 36.1 Å². The Morgan fingerprint density at radius 1 is 0.577 bits per heavy atom. The molecule has 0 aliphatic carbocycles. The zero-order chi connectivity index (χ0) is 52.0. The van der Waals surface area contributed by atoms with Crippen LogP contribution in [0.2, 0.25) is 25.1 Å². The monoisotopic (exact) mass is 1060 g/mol. The van der Waals surface area contributed by atoms with Crippen molar-refractivity contribution in [1.82, 2.24) is 14.1 Å². The Bertz CT molecular complexity index is 3670. The first-order valence-electron chi connectivity index (χ1n) is 21.0. The van der Waals surface area contributed by atoms with Crippen molar-refractivity contribution in [3.63, 3.8) is 0 Å². The van der Waals surface area contributed by atoms with Crippen LogP contribution in [0.3, 0.4) is 0 Å². The van der Waals surface area contributed by atoms with E-state index in [0.717, 1.165) is 60.6 Å². The molecule has 0 radical (unpaired) electrons. The van der Waals surface area contributed by atoms with Gasteiger partial charge in [-0.3, -0.25) is 14.4 Å². The highest BCUT2D eigenvalue weighted by Gasteiger charge is 2.31. The van der Waals surface area contributed by atoms with Crippen molar-refractivity contribution < 1.29 is 32.3 Å². The van der Waals surface area contributed by atoms with E-state index in [2.05, 4.69) is 15.8 Å². The number of nitrogens with two attached hydrogens (primary N) is 3. The number of H-pyrrole nitrogens is 1. The van der Waals surface area contributed by atoms with E-state index < -0.39 is 24.1 Å². The normalized spacial score (nSPS) is 11.2. The highest BCUT2D eigenvalue weighted by atomic mass is 35.5. The zero-order valence-electron chi connectivity index (χ0n) is 38.0.